The van der Waals surface area contributed by atoms with Gasteiger partial charge in [-0.05, 0) is 6.42 Å². The predicted octanol–water partition coefficient (Wildman–Crippen LogP) is -1.26. The van der Waals surface area contributed by atoms with Crippen LogP contribution in [0.5, 0.6) is 0 Å². The molecule has 0 bridgehead atoms. The number of aliphatic hydroxyl groups is 1. The minimum absolute atomic E-state index is 0.183. The SMILES string of the molecule is N[C@H]1[C@H](O)[C@@H](N)C[C@@H]1F. The molecular weight excluding hydrogens is 123 g/mol. The summed E-state index contributed by atoms with van der Waals surface area (Å²) in [7, 11) is 0. The highest BCUT2D eigenvalue weighted by atomic mass is 19.1. The van der Waals surface area contributed by atoms with Crippen molar-refractivity contribution in [2.24, 2.45) is 11.5 Å². The molecule has 1 rings (SSSR count). The number of alkyl halides is 1. The normalized spacial score (nSPS) is 52.0. The van der Waals surface area contributed by atoms with Gasteiger partial charge in [0.25, 0.3) is 0 Å². The minimum Gasteiger partial charge on any atom is -0.390 e. The molecule has 0 heterocycles. The first-order valence-corrected chi connectivity index (χ1v) is 2.96. The van der Waals surface area contributed by atoms with Crippen molar-refractivity contribution >= 4 is 0 Å². The van der Waals surface area contributed by atoms with E-state index in [1.807, 2.05) is 0 Å². The summed E-state index contributed by atoms with van der Waals surface area (Å²) in [4.78, 5) is 0. The van der Waals surface area contributed by atoms with Crippen LogP contribution >= 0.6 is 0 Å². The first-order chi connectivity index (χ1) is 4.13. The van der Waals surface area contributed by atoms with Crippen LogP contribution in [0.3, 0.4) is 0 Å². The Hall–Kier alpha value is -0.190. The number of halogens is 1. The van der Waals surface area contributed by atoms with E-state index < -0.39 is 24.4 Å². The standard InChI is InChI=1S/C5H11FN2O/c6-2-1-3(7)5(9)4(2)8/h2-5,9H,1,7-8H2/t2-,3-,4+,5+/m0/s1. The summed E-state index contributed by atoms with van der Waals surface area (Å²) in [6.07, 6.45) is -1.81. The zero-order valence-electron chi connectivity index (χ0n) is 5.00. The Morgan fingerprint density at radius 1 is 1.44 bits per heavy atom. The van der Waals surface area contributed by atoms with Crippen molar-refractivity contribution in [3.63, 3.8) is 0 Å². The van der Waals surface area contributed by atoms with Crippen molar-refractivity contribution in [3.8, 4) is 0 Å². The quantitative estimate of drug-likeness (QED) is 0.387. The highest BCUT2D eigenvalue weighted by Gasteiger charge is 2.38. The van der Waals surface area contributed by atoms with Gasteiger partial charge in [-0.3, -0.25) is 0 Å². The van der Waals surface area contributed by atoms with E-state index in [0.717, 1.165) is 0 Å². The van der Waals surface area contributed by atoms with Gasteiger partial charge in [0.1, 0.15) is 6.17 Å². The molecule has 1 fully saturated rings. The van der Waals surface area contributed by atoms with Gasteiger partial charge >= 0.3 is 0 Å². The highest BCUT2D eigenvalue weighted by molar-refractivity contribution is 4.96. The lowest BCUT2D eigenvalue weighted by molar-refractivity contribution is 0.136. The monoisotopic (exact) mass is 134 g/mol. The molecule has 0 amide bonds. The van der Waals surface area contributed by atoms with Gasteiger partial charge in [-0.1, -0.05) is 0 Å². The number of hydrogen-bond donors (Lipinski definition) is 3. The molecule has 0 aromatic heterocycles. The zero-order valence-corrected chi connectivity index (χ0v) is 5.00. The van der Waals surface area contributed by atoms with Gasteiger partial charge in [0.2, 0.25) is 0 Å². The number of aliphatic hydroxyl groups excluding tert-OH is 1. The third kappa shape index (κ3) is 1.05. The zero-order chi connectivity index (χ0) is 7.02. The van der Waals surface area contributed by atoms with Crippen LogP contribution in [0.2, 0.25) is 0 Å². The van der Waals surface area contributed by atoms with E-state index in [0.29, 0.717) is 0 Å². The second kappa shape index (κ2) is 2.21. The first kappa shape index (κ1) is 6.92. The van der Waals surface area contributed by atoms with Gasteiger partial charge in [-0.15, -0.1) is 0 Å². The van der Waals surface area contributed by atoms with Crippen molar-refractivity contribution in [1.82, 2.24) is 0 Å². The van der Waals surface area contributed by atoms with E-state index in [1.165, 1.54) is 0 Å². The maximum Gasteiger partial charge on any atom is 0.119 e. The van der Waals surface area contributed by atoms with Crippen molar-refractivity contribution in [3.05, 3.63) is 0 Å². The molecule has 0 radical (unpaired) electrons. The van der Waals surface area contributed by atoms with E-state index in [4.69, 9.17) is 16.6 Å². The largest absolute Gasteiger partial charge is 0.390 e. The second-order valence-electron chi connectivity index (χ2n) is 2.48. The molecule has 1 aliphatic rings. The Kier molecular flexibility index (Phi) is 1.70. The fourth-order valence-corrected chi connectivity index (χ4v) is 1.06. The summed E-state index contributed by atoms with van der Waals surface area (Å²) in [6, 6.07) is -1.25. The van der Waals surface area contributed by atoms with E-state index in [1.54, 1.807) is 0 Å². The molecule has 4 atom stereocenters. The van der Waals surface area contributed by atoms with Crippen LogP contribution in [0.4, 0.5) is 4.39 Å². The molecule has 54 valence electrons. The van der Waals surface area contributed by atoms with Crippen LogP contribution in [0.15, 0.2) is 0 Å². The maximum absolute atomic E-state index is 12.5. The summed E-state index contributed by atoms with van der Waals surface area (Å²) in [6.45, 7) is 0. The van der Waals surface area contributed by atoms with E-state index in [-0.39, 0.29) is 6.42 Å². The summed E-state index contributed by atoms with van der Waals surface area (Å²) < 4.78 is 12.5. The topological polar surface area (TPSA) is 72.3 Å². The van der Waals surface area contributed by atoms with Gasteiger partial charge in [0.05, 0.1) is 12.1 Å². The maximum atomic E-state index is 12.5. The molecule has 4 heteroatoms. The van der Waals surface area contributed by atoms with Crippen LogP contribution in [0, 0.1) is 0 Å². The molecule has 0 unspecified atom stereocenters. The van der Waals surface area contributed by atoms with Crippen molar-refractivity contribution in [1.29, 1.82) is 0 Å². The Labute approximate surface area is 52.8 Å². The molecule has 0 aromatic rings. The number of rotatable bonds is 0. The molecule has 0 aliphatic heterocycles. The molecule has 0 aromatic carbocycles. The average Bonchev–Trinajstić information content (AvgIpc) is 1.98. The Balaban J connectivity index is 2.54. The van der Waals surface area contributed by atoms with Crippen LogP contribution in [-0.4, -0.2) is 29.5 Å². The fraction of sp³-hybridized carbons (Fsp3) is 1.00. The molecule has 0 saturated heterocycles. The van der Waals surface area contributed by atoms with Gasteiger partial charge in [-0.2, -0.15) is 0 Å². The smallest absolute Gasteiger partial charge is 0.119 e. The predicted molar refractivity (Wildman–Crippen MR) is 31.5 cm³/mol. The third-order valence-corrected chi connectivity index (χ3v) is 1.75. The van der Waals surface area contributed by atoms with E-state index in [2.05, 4.69) is 0 Å². The third-order valence-electron chi connectivity index (χ3n) is 1.75. The molecule has 9 heavy (non-hydrogen) atoms. The lowest BCUT2D eigenvalue weighted by atomic mass is 10.2. The molecule has 0 spiro atoms. The Bertz CT molecular complexity index is 99.1. The average molecular weight is 134 g/mol. The molecule has 1 aliphatic carbocycles. The van der Waals surface area contributed by atoms with Crippen molar-refractivity contribution < 1.29 is 9.50 Å². The van der Waals surface area contributed by atoms with Gasteiger partial charge in [-0.25, -0.2) is 4.39 Å². The van der Waals surface area contributed by atoms with Crippen molar-refractivity contribution in [2.75, 3.05) is 0 Å². The highest BCUT2D eigenvalue weighted by Crippen LogP contribution is 2.19. The molecule has 1 saturated carbocycles. The second-order valence-corrected chi connectivity index (χ2v) is 2.48. The number of hydrogen-bond acceptors (Lipinski definition) is 3. The Morgan fingerprint density at radius 3 is 2.11 bits per heavy atom. The fourth-order valence-electron chi connectivity index (χ4n) is 1.06. The van der Waals surface area contributed by atoms with E-state index in [9.17, 15) is 4.39 Å². The summed E-state index contributed by atoms with van der Waals surface area (Å²) in [5, 5.41) is 8.95. The lowest BCUT2D eigenvalue weighted by Gasteiger charge is -2.11. The molecule has 5 N–H and O–H groups in total. The van der Waals surface area contributed by atoms with Crippen LogP contribution < -0.4 is 11.5 Å². The van der Waals surface area contributed by atoms with Crippen LogP contribution in [-0.2, 0) is 0 Å². The van der Waals surface area contributed by atoms with Crippen LogP contribution in [0.1, 0.15) is 6.42 Å². The first-order valence-electron chi connectivity index (χ1n) is 2.96. The molecular formula is C5H11FN2O. The van der Waals surface area contributed by atoms with Crippen molar-refractivity contribution in [2.45, 2.75) is 30.8 Å². The summed E-state index contributed by atoms with van der Waals surface area (Å²) >= 11 is 0. The van der Waals surface area contributed by atoms with Gasteiger partial charge in [0.15, 0.2) is 0 Å². The lowest BCUT2D eigenvalue weighted by Crippen LogP contribution is -2.41. The molecule has 3 nitrogen and oxygen atoms in total. The van der Waals surface area contributed by atoms with E-state index >= 15 is 0 Å². The minimum atomic E-state index is -1.13. The summed E-state index contributed by atoms with van der Waals surface area (Å²) in [5.74, 6) is 0. The number of nitrogens with two attached hydrogens (primary N) is 2. The Morgan fingerprint density at radius 2 is 2.00 bits per heavy atom. The van der Waals surface area contributed by atoms with Gasteiger partial charge < -0.3 is 16.6 Å². The van der Waals surface area contributed by atoms with Gasteiger partial charge in [0, 0.05) is 6.04 Å². The summed E-state index contributed by atoms with van der Waals surface area (Å²) in [5.41, 5.74) is 10.5. The van der Waals surface area contributed by atoms with Crippen LogP contribution in [0.25, 0.3) is 0 Å².